The van der Waals surface area contributed by atoms with Gasteiger partial charge in [0, 0.05) is 24.7 Å². The first-order valence-corrected chi connectivity index (χ1v) is 22.6. The molecule has 0 unspecified atom stereocenters. The van der Waals surface area contributed by atoms with Crippen molar-refractivity contribution in [2.45, 2.75) is 77.7 Å². The fourth-order valence-corrected chi connectivity index (χ4v) is 7.10. The summed E-state index contributed by atoms with van der Waals surface area (Å²) in [5.74, 6) is -3.77. The molecule has 372 valence electrons. The molecule has 0 fully saturated rings. The van der Waals surface area contributed by atoms with Crippen molar-refractivity contribution in [1.82, 2.24) is 50.7 Å². The van der Waals surface area contributed by atoms with Crippen LogP contribution in [0.1, 0.15) is 57.7 Å². The summed E-state index contributed by atoms with van der Waals surface area (Å²) in [6.07, 6.45) is 3.81. The van der Waals surface area contributed by atoms with Gasteiger partial charge in [-0.05, 0) is 86.2 Å². The van der Waals surface area contributed by atoms with Crippen LogP contribution < -0.4 is 37.6 Å². The number of amides is 6. The van der Waals surface area contributed by atoms with Gasteiger partial charge < -0.3 is 51.5 Å². The number of nitrogens with one attached hydrogen (secondary N) is 6. The van der Waals surface area contributed by atoms with Crippen LogP contribution in [0.5, 0.6) is 0 Å². The minimum Gasteiger partial charge on any atom is -0.445 e. The Morgan fingerprint density at radius 3 is 2.39 bits per heavy atom. The second-order valence-corrected chi connectivity index (χ2v) is 16.7. The Kier molecular flexibility index (Phi) is 20.1. The number of aliphatic hydroxyl groups is 1. The maximum absolute atomic E-state index is 14.0. The summed E-state index contributed by atoms with van der Waals surface area (Å²) in [6, 6.07) is 12.8. The third-order valence-electron chi connectivity index (χ3n) is 10.4. The first kappa shape index (κ1) is 53.4. The van der Waals surface area contributed by atoms with Crippen LogP contribution in [0, 0.1) is 23.1 Å². The predicted molar refractivity (Wildman–Crippen MR) is 252 cm³/mol. The normalized spacial score (nSPS) is 12.3. The van der Waals surface area contributed by atoms with Crippen molar-refractivity contribution >= 4 is 58.6 Å². The molecule has 3 aromatic heterocycles. The molecule has 22 nitrogen and oxygen atoms in total. The number of anilines is 1. The monoisotopic (exact) mass is 987 g/mol. The van der Waals surface area contributed by atoms with Crippen molar-refractivity contribution in [1.29, 1.82) is 5.26 Å². The number of imidazole rings is 2. The highest BCUT2D eigenvalue weighted by molar-refractivity contribution is 6.31. The minimum atomic E-state index is -1.41. The number of unbranched alkanes of at least 4 members (excludes halogenated alkanes) is 1. The molecule has 0 aliphatic carbocycles. The molecule has 0 aliphatic heterocycles. The molecule has 24 heteroatoms. The van der Waals surface area contributed by atoms with E-state index in [4.69, 9.17) is 26.8 Å². The molecule has 5 rings (SSSR count). The summed E-state index contributed by atoms with van der Waals surface area (Å²) in [5.41, 5.74) is 9.26. The Balaban J connectivity index is 1.08. The van der Waals surface area contributed by atoms with E-state index in [2.05, 4.69) is 53.0 Å². The fourth-order valence-electron chi connectivity index (χ4n) is 6.92. The summed E-state index contributed by atoms with van der Waals surface area (Å²) in [6.45, 7) is 4.03. The number of benzene rings is 2. The van der Waals surface area contributed by atoms with E-state index in [1.165, 1.54) is 35.8 Å². The van der Waals surface area contributed by atoms with Crippen molar-refractivity contribution in [3.8, 4) is 28.7 Å². The van der Waals surface area contributed by atoms with Crippen LogP contribution in [-0.2, 0) is 46.6 Å². The lowest BCUT2D eigenvalue weighted by Crippen LogP contribution is -2.56. The number of hydrogen-bond acceptors (Lipinski definition) is 14. The van der Waals surface area contributed by atoms with Crippen LogP contribution in [0.25, 0.3) is 28.3 Å². The van der Waals surface area contributed by atoms with Crippen molar-refractivity contribution in [2.75, 3.05) is 38.4 Å². The van der Waals surface area contributed by atoms with Gasteiger partial charge in [-0.3, -0.25) is 29.3 Å². The third-order valence-corrected chi connectivity index (χ3v) is 10.7. The number of halogens is 2. The highest BCUT2D eigenvalue weighted by atomic mass is 35.5. The Bertz CT molecular complexity index is 2670. The van der Waals surface area contributed by atoms with Gasteiger partial charge in [0.15, 0.2) is 11.3 Å². The molecule has 0 saturated heterocycles. The molecule has 3 heterocycles. The number of nitrogens with zero attached hydrogens (tertiary/aromatic N) is 6. The standard InChI is InChI=1S/C46H55ClFN13O9/c1-27(2)18-37(55-28(3)63)45(67)58-38(23-62)43(65)52-22-40(64)57-36(6-4-5-15-49)44(66)56-31-10-7-29(8-11-31)24-70-46(68)54-26-69-17-16-60-25-53-41(30-9-12-34(48)33(47)19-30)42(60)35-13-14-39-51-21-32(20-50)61(39)59-35/h7-14,19,21,25,27,36-38,62H,4-6,15-18,22-24,26,49H2,1-3H3,(H,52,65)(H,54,68)(H,55,63)(H,56,66)(H,57,64)(H,58,67)/t36-,37-,38-/m0/s1. The van der Waals surface area contributed by atoms with Crippen LogP contribution >= 0.6 is 11.6 Å². The van der Waals surface area contributed by atoms with Gasteiger partial charge in [0.2, 0.25) is 29.5 Å². The highest BCUT2D eigenvalue weighted by Crippen LogP contribution is 2.32. The summed E-state index contributed by atoms with van der Waals surface area (Å²) >= 11 is 6.09. The van der Waals surface area contributed by atoms with Crippen LogP contribution in [0.2, 0.25) is 5.02 Å². The molecule has 3 atom stereocenters. The number of carbonyl (C=O) groups excluding carboxylic acids is 6. The first-order chi connectivity index (χ1) is 33.6. The highest BCUT2D eigenvalue weighted by Gasteiger charge is 2.28. The molecular weight excluding hydrogens is 933 g/mol. The van der Waals surface area contributed by atoms with E-state index in [0.29, 0.717) is 58.9 Å². The third kappa shape index (κ3) is 15.5. The molecule has 2 aromatic carbocycles. The quantitative estimate of drug-likeness (QED) is 0.0308. The van der Waals surface area contributed by atoms with Crippen LogP contribution in [-0.4, -0.2) is 116 Å². The summed E-state index contributed by atoms with van der Waals surface area (Å²) < 4.78 is 28.2. The van der Waals surface area contributed by atoms with Crippen LogP contribution in [0.15, 0.2) is 67.1 Å². The summed E-state index contributed by atoms with van der Waals surface area (Å²) in [5, 5.41) is 39.0. The molecule has 5 aromatic rings. The van der Waals surface area contributed by atoms with Gasteiger partial charge in [0.25, 0.3) is 0 Å². The maximum atomic E-state index is 14.0. The average Bonchev–Trinajstić information content (AvgIpc) is 3.96. The van der Waals surface area contributed by atoms with E-state index in [1.807, 2.05) is 13.8 Å². The van der Waals surface area contributed by atoms with E-state index in [0.717, 1.165) is 0 Å². The lowest BCUT2D eigenvalue weighted by Gasteiger charge is -2.23. The number of alkyl carbamates (subject to hydrolysis) is 1. The van der Waals surface area contributed by atoms with Crippen molar-refractivity contribution in [3.63, 3.8) is 0 Å². The Morgan fingerprint density at radius 2 is 1.70 bits per heavy atom. The smallest absolute Gasteiger partial charge is 0.409 e. The number of hydrogen-bond donors (Lipinski definition) is 8. The Morgan fingerprint density at radius 1 is 0.929 bits per heavy atom. The number of nitrogens with two attached hydrogens (primary N) is 1. The number of ether oxygens (including phenoxy) is 2. The summed E-state index contributed by atoms with van der Waals surface area (Å²) in [4.78, 5) is 84.7. The van der Waals surface area contributed by atoms with Crippen LogP contribution in [0.4, 0.5) is 14.9 Å². The number of aliphatic hydroxyl groups excluding tert-OH is 1. The number of rotatable bonds is 25. The largest absolute Gasteiger partial charge is 0.445 e. The molecule has 0 aliphatic rings. The van der Waals surface area contributed by atoms with E-state index < -0.39 is 72.7 Å². The first-order valence-electron chi connectivity index (χ1n) is 22.2. The number of aromatic nitrogens is 5. The zero-order chi connectivity index (χ0) is 50.7. The van der Waals surface area contributed by atoms with Gasteiger partial charge in [-0.2, -0.15) is 10.4 Å². The van der Waals surface area contributed by atoms with Crippen molar-refractivity contribution in [3.05, 3.63) is 89.2 Å². The van der Waals surface area contributed by atoms with Crippen molar-refractivity contribution in [2.24, 2.45) is 11.7 Å². The fraction of sp³-hybridized carbons (Fsp3) is 0.391. The molecule has 0 saturated carbocycles. The molecule has 0 bridgehead atoms. The van der Waals surface area contributed by atoms with Crippen LogP contribution in [0.3, 0.4) is 0 Å². The van der Waals surface area contributed by atoms with E-state index in [9.17, 15) is 43.5 Å². The van der Waals surface area contributed by atoms with E-state index >= 15 is 0 Å². The number of fused-ring (bicyclic) bond motifs is 1. The topological polar surface area (TPSA) is 311 Å². The zero-order valence-corrected chi connectivity index (χ0v) is 39.4. The van der Waals surface area contributed by atoms with Crippen molar-refractivity contribution < 1.29 is 47.7 Å². The second-order valence-electron chi connectivity index (χ2n) is 16.2. The predicted octanol–water partition coefficient (Wildman–Crippen LogP) is 2.52. The van der Waals surface area contributed by atoms with E-state index in [1.54, 1.807) is 47.3 Å². The van der Waals surface area contributed by atoms with Gasteiger partial charge in [0.1, 0.15) is 49.0 Å². The van der Waals surface area contributed by atoms with Gasteiger partial charge in [0.05, 0.1) is 48.7 Å². The van der Waals surface area contributed by atoms with Gasteiger partial charge in [-0.1, -0.05) is 37.6 Å². The minimum absolute atomic E-state index is 0.0351. The molecule has 0 radical (unpaired) electrons. The van der Waals surface area contributed by atoms with Gasteiger partial charge in [-0.15, -0.1) is 0 Å². The number of nitriles is 1. The lowest BCUT2D eigenvalue weighted by atomic mass is 10.0. The Labute approximate surface area is 406 Å². The Hall–Kier alpha value is -7.52. The number of carbonyl (C=O) groups is 6. The zero-order valence-electron chi connectivity index (χ0n) is 38.7. The SMILES string of the molecule is CC(=O)N[C@@H](CC(C)C)C(=O)N[C@@H](CO)C(=O)NCC(=O)N[C@@H](CCCCN)C(=O)Nc1ccc(COC(=O)NCOCCn2cnc(-c3ccc(F)c(Cl)c3)c2-c2ccc3ncc(C#N)n3n2)cc1. The van der Waals surface area contributed by atoms with Gasteiger partial charge in [-0.25, -0.2) is 23.7 Å². The molecule has 70 heavy (non-hydrogen) atoms. The maximum Gasteiger partial charge on any atom is 0.409 e. The molecule has 6 amide bonds. The second kappa shape index (κ2) is 26.3. The molecule has 0 spiro atoms. The molecular formula is C46H55ClFN13O9. The average molecular weight is 988 g/mol. The molecule has 9 N–H and O–H groups in total. The van der Waals surface area contributed by atoms with E-state index in [-0.39, 0.29) is 56.0 Å². The summed E-state index contributed by atoms with van der Waals surface area (Å²) in [7, 11) is 0. The lowest BCUT2D eigenvalue weighted by molar-refractivity contribution is -0.133. The van der Waals surface area contributed by atoms with Gasteiger partial charge >= 0.3 is 6.09 Å².